The van der Waals surface area contributed by atoms with Crippen molar-refractivity contribution in [2.24, 2.45) is 5.84 Å². The molecular formula is C14H25N5O. The summed E-state index contributed by atoms with van der Waals surface area (Å²) in [6.07, 6.45) is 2.73. The molecule has 1 aromatic rings. The number of carbonyl (C=O) groups is 1. The van der Waals surface area contributed by atoms with Gasteiger partial charge in [0.15, 0.2) is 0 Å². The van der Waals surface area contributed by atoms with Crippen LogP contribution in [0, 0.1) is 0 Å². The van der Waals surface area contributed by atoms with Gasteiger partial charge in [0.25, 0.3) is 5.91 Å². The zero-order valence-corrected chi connectivity index (χ0v) is 12.6. The summed E-state index contributed by atoms with van der Waals surface area (Å²) >= 11 is 0. The molecule has 0 radical (unpaired) electrons. The molecule has 1 aromatic heterocycles. The SMILES string of the molecule is CCCc1cc(C(=O)NCCCN(C)C)cc(NN)n1. The number of aryl methyl sites for hydroxylation is 1. The molecule has 6 heteroatoms. The van der Waals surface area contributed by atoms with Crippen LogP contribution in [-0.4, -0.2) is 43.0 Å². The standard InChI is InChI=1S/C14H25N5O/c1-4-6-12-9-11(10-13(17-12)18-15)14(20)16-7-5-8-19(2)3/h9-10H,4-8,15H2,1-3H3,(H,16,20)(H,17,18). The van der Waals surface area contributed by atoms with Crippen molar-refractivity contribution in [3.63, 3.8) is 0 Å². The predicted molar refractivity (Wildman–Crippen MR) is 81.5 cm³/mol. The van der Waals surface area contributed by atoms with E-state index in [9.17, 15) is 4.79 Å². The van der Waals surface area contributed by atoms with Gasteiger partial charge in [0, 0.05) is 17.8 Å². The van der Waals surface area contributed by atoms with Gasteiger partial charge in [-0.15, -0.1) is 0 Å². The van der Waals surface area contributed by atoms with Crippen LogP contribution in [0.3, 0.4) is 0 Å². The first-order valence-corrected chi connectivity index (χ1v) is 6.97. The Hall–Kier alpha value is -1.66. The minimum Gasteiger partial charge on any atom is -0.352 e. The topological polar surface area (TPSA) is 83.3 Å². The molecule has 6 nitrogen and oxygen atoms in total. The van der Waals surface area contributed by atoms with E-state index in [-0.39, 0.29) is 5.91 Å². The van der Waals surface area contributed by atoms with Gasteiger partial charge in [-0.3, -0.25) is 4.79 Å². The predicted octanol–water partition coefficient (Wildman–Crippen LogP) is 1.00. The number of anilines is 1. The first-order valence-electron chi connectivity index (χ1n) is 6.97. The zero-order valence-electron chi connectivity index (χ0n) is 12.6. The molecule has 0 aromatic carbocycles. The van der Waals surface area contributed by atoms with Gasteiger partial charge in [0.1, 0.15) is 5.82 Å². The number of nitrogen functional groups attached to an aromatic ring is 1. The molecule has 0 fully saturated rings. The highest BCUT2D eigenvalue weighted by molar-refractivity contribution is 5.94. The van der Waals surface area contributed by atoms with Crippen molar-refractivity contribution in [3.8, 4) is 0 Å². The second-order valence-electron chi connectivity index (χ2n) is 5.04. The van der Waals surface area contributed by atoms with Crippen LogP contribution in [-0.2, 0) is 6.42 Å². The van der Waals surface area contributed by atoms with Gasteiger partial charge in [0.05, 0.1) is 0 Å². The molecule has 1 heterocycles. The lowest BCUT2D eigenvalue weighted by Crippen LogP contribution is -2.27. The van der Waals surface area contributed by atoms with Crippen LogP contribution < -0.4 is 16.6 Å². The molecular weight excluding hydrogens is 254 g/mol. The molecule has 0 saturated carbocycles. The van der Waals surface area contributed by atoms with Gasteiger partial charge in [-0.05, 0) is 45.6 Å². The molecule has 112 valence electrons. The van der Waals surface area contributed by atoms with Gasteiger partial charge < -0.3 is 15.6 Å². The van der Waals surface area contributed by atoms with Crippen LogP contribution in [0.5, 0.6) is 0 Å². The molecule has 0 unspecified atom stereocenters. The third-order valence-corrected chi connectivity index (χ3v) is 2.86. The van der Waals surface area contributed by atoms with Gasteiger partial charge >= 0.3 is 0 Å². The maximum Gasteiger partial charge on any atom is 0.251 e. The summed E-state index contributed by atoms with van der Waals surface area (Å²) in [6.45, 7) is 3.69. The Labute approximate surface area is 120 Å². The number of carbonyl (C=O) groups excluding carboxylic acids is 1. The largest absolute Gasteiger partial charge is 0.352 e. The monoisotopic (exact) mass is 279 g/mol. The molecule has 0 aliphatic rings. The normalized spacial score (nSPS) is 10.7. The molecule has 4 N–H and O–H groups in total. The summed E-state index contributed by atoms with van der Waals surface area (Å²) in [6, 6.07) is 3.49. The molecule has 0 aliphatic carbocycles. The number of hydrogen-bond donors (Lipinski definition) is 3. The number of amides is 1. The van der Waals surface area contributed by atoms with Crippen molar-refractivity contribution >= 4 is 11.7 Å². The van der Waals surface area contributed by atoms with Crippen LogP contribution in [0.1, 0.15) is 35.8 Å². The summed E-state index contributed by atoms with van der Waals surface area (Å²) in [5, 5.41) is 2.91. The van der Waals surface area contributed by atoms with Crippen molar-refractivity contribution in [1.29, 1.82) is 0 Å². The summed E-state index contributed by atoms with van der Waals surface area (Å²) in [5.41, 5.74) is 3.98. The van der Waals surface area contributed by atoms with Crippen molar-refractivity contribution in [1.82, 2.24) is 15.2 Å². The van der Waals surface area contributed by atoms with E-state index < -0.39 is 0 Å². The minimum absolute atomic E-state index is 0.0833. The lowest BCUT2D eigenvalue weighted by molar-refractivity contribution is 0.0952. The quantitative estimate of drug-likeness (QED) is 0.376. The van der Waals surface area contributed by atoms with E-state index in [0.717, 1.165) is 31.5 Å². The van der Waals surface area contributed by atoms with Gasteiger partial charge in [-0.25, -0.2) is 10.8 Å². The fourth-order valence-electron chi connectivity index (χ4n) is 1.88. The third kappa shape index (κ3) is 5.54. The molecule has 20 heavy (non-hydrogen) atoms. The highest BCUT2D eigenvalue weighted by Crippen LogP contribution is 2.11. The number of hydrogen-bond acceptors (Lipinski definition) is 5. The van der Waals surface area contributed by atoms with E-state index in [4.69, 9.17) is 5.84 Å². The average molecular weight is 279 g/mol. The van der Waals surface area contributed by atoms with Crippen molar-refractivity contribution in [2.45, 2.75) is 26.2 Å². The fourth-order valence-corrected chi connectivity index (χ4v) is 1.88. The number of nitrogens with one attached hydrogen (secondary N) is 2. The highest BCUT2D eigenvalue weighted by atomic mass is 16.1. The lowest BCUT2D eigenvalue weighted by atomic mass is 10.1. The summed E-state index contributed by atoms with van der Waals surface area (Å²) in [7, 11) is 4.03. The van der Waals surface area contributed by atoms with E-state index in [1.165, 1.54) is 0 Å². The second-order valence-corrected chi connectivity index (χ2v) is 5.04. The molecule has 0 atom stereocenters. The number of hydrazine groups is 1. The first kappa shape index (κ1) is 16.4. The summed E-state index contributed by atoms with van der Waals surface area (Å²) < 4.78 is 0. The number of aromatic nitrogens is 1. The van der Waals surface area contributed by atoms with E-state index in [2.05, 4.69) is 27.6 Å². The molecule has 0 bridgehead atoms. The van der Waals surface area contributed by atoms with E-state index >= 15 is 0 Å². The van der Waals surface area contributed by atoms with Crippen LogP contribution in [0.25, 0.3) is 0 Å². The van der Waals surface area contributed by atoms with Gasteiger partial charge in [0.2, 0.25) is 0 Å². The first-order chi connectivity index (χ1) is 9.56. The Kier molecular flexibility index (Phi) is 6.97. The summed E-state index contributed by atoms with van der Waals surface area (Å²) in [4.78, 5) is 18.5. The van der Waals surface area contributed by atoms with E-state index in [1.807, 2.05) is 20.2 Å². The van der Waals surface area contributed by atoms with Gasteiger partial charge in [-0.2, -0.15) is 0 Å². The lowest BCUT2D eigenvalue weighted by Gasteiger charge is -2.11. The Morgan fingerprint density at radius 2 is 2.15 bits per heavy atom. The van der Waals surface area contributed by atoms with Crippen molar-refractivity contribution < 1.29 is 4.79 Å². The van der Waals surface area contributed by atoms with Crippen LogP contribution >= 0.6 is 0 Å². The number of pyridine rings is 1. The van der Waals surface area contributed by atoms with Crippen LogP contribution in [0.2, 0.25) is 0 Å². The van der Waals surface area contributed by atoms with Gasteiger partial charge in [-0.1, -0.05) is 13.3 Å². The Balaban J connectivity index is 2.64. The number of nitrogens with zero attached hydrogens (tertiary/aromatic N) is 2. The molecule has 0 saturated heterocycles. The Morgan fingerprint density at radius 3 is 2.75 bits per heavy atom. The van der Waals surface area contributed by atoms with Crippen molar-refractivity contribution in [2.75, 3.05) is 32.6 Å². The summed E-state index contributed by atoms with van der Waals surface area (Å²) in [5.74, 6) is 5.83. The molecule has 0 spiro atoms. The molecule has 1 amide bonds. The third-order valence-electron chi connectivity index (χ3n) is 2.86. The smallest absolute Gasteiger partial charge is 0.251 e. The number of rotatable bonds is 8. The minimum atomic E-state index is -0.0833. The fraction of sp³-hybridized carbons (Fsp3) is 0.571. The van der Waals surface area contributed by atoms with Crippen LogP contribution in [0.4, 0.5) is 5.82 Å². The second kappa shape index (κ2) is 8.50. The zero-order chi connectivity index (χ0) is 15.0. The Morgan fingerprint density at radius 1 is 1.40 bits per heavy atom. The van der Waals surface area contributed by atoms with Crippen LogP contribution in [0.15, 0.2) is 12.1 Å². The number of nitrogens with two attached hydrogens (primary N) is 1. The maximum atomic E-state index is 12.1. The molecule has 0 aliphatic heterocycles. The molecule has 1 rings (SSSR count). The highest BCUT2D eigenvalue weighted by Gasteiger charge is 2.09. The average Bonchev–Trinajstić information content (AvgIpc) is 2.43. The van der Waals surface area contributed by atoms with Crippen molar-refractivity contribution in [3.05, 3.63) is 23.4 Å². The Bertz CT molecular complexity index is 434. The maximum absolute atomic E-state index is 12.1. The van der Waals surface area contributed by atoms with E-state index in [1.54, 1.807) is 6.07 Å². The van der Waals surface area contributed by atoms with E-state index in [0.29, 0.717) is 17.9 Å².